The Morgan fingerprint density at radius 3 is 2.20 bits per heavy atom. The van der Waals surface area contributed by atoms with Gasteiger partial charge < -0.3 is 32.2 Å². The minimum atomic E-state index is -2.07. The van der Waals surface area contributed by atoms with Gasteiger partial charge in [-0.2, -0.15) is 0 Å². The molecule has 4 rings (SSSR count). The Morgan fingerprint density at radius 2 is 1.59 bits per heavy atom. The Balaban J connectivity index is 1.58. The molecule has 11 heteroatoms. The molecule has 1 saturated heterocycles. The molecule has 3 aliphatic rings. The summed E-state index contributed by atoms with van der Waals surface area (Å²) in [5, 5.41) is 3.04. The van der Waals surface area contributed by atoms with E-state index in [4.69, 9.17) is 17.2 Å². The first-order valence-electron chi connectivity index (χ1n) is 19.6. The van der Waals surface area contributed by atoms with Crippen molar-refractivity contribution in [3.8, 4) is 0 Å². The molecule has 1 aromatic rings. The van der Waals surface area contributed by atoms with E-state index in [1.54, 1.807) is 4.90 Å². The molecule has 7 N–H and O–H groups in total. The highest BCUT2D eigenvalue weighted by Crippen LogP contribution is 2.39. The third-order valence-corrected chi connectivity index (χ3v) is 11.8. The van der Waals surface area contributed by atoms with Gasteiger partial charge in [-0.1, -0.05) is 81.7 Å². The molecule has 1 aromatic carbocycles. The minimum absolute atomic E-state index is 0.260. The van der Waals surface area contributed by atoms with E-state index in [0.29, 0.717) is 83.1 Å². The summed E-state index contributed by atoms with van der Waals surface area (Å²) < 4.78 is 0. The maximum atomic E-state index is 14.9. The lowest BCUT2D eigenvalue weighted by Gasteiger charge is -2.41. The van der Waals surface area contributed by atoms with Gasteiger partial charge in [-0.05, 0) is 95.8 Å². The van der Waals surface area contributed by atoms with Crippen molar-refractivity contribution in [2.75, 3.05) is 27.2 Å². The summed E-state index contributed by atoms with van der Waals surface area (Å²) in [6, 6.07) is 6.58. The molecule has 1 aliphatic heterocycles. The molecule has 0 aromatic heterocycles. The van der Waals surface area contributed by atoms with Gasteiger partial charge in [0.2, 0.25) is 11.8 Å². The van der Waals surface area contributed by atoms with Crippen LogP contribution in [-0.2, 0) is 30.4 Å². The summed E-state index contributed by atoms with van der Waals surface area (Å²) in [6.45, 7) is 0.795. The van der Waals surface area contributed by atoms with Crippen LogP contribution in [0.3, 0.4) is 0 Å². The molecular weight excluding hydrogens is 644 g/mol. The largest absolute Gasteiger partial charge is 0.343 e. The van der Waals surface area contributed by atoms with E-state index in [1.165, 1.54) is 6.42 Å². The lowest BCUT2D eigenvalue weighted by Crippen LogP contribution is -2.66. The SMILES string of the molecule is CN(C)[C@@H](Cc1ccccc1)C(=O)N[C@@H](CCCCN)C(=O)N1CCC[C@H]1C(=O)C(C1CCCCC1)[C@](N)(C=O)C(=O)[C@H](N)CC1CCCCC1. The van der Waals surface area contributed by atoms with Crippen LogP contribution >= 0.6 is 0 Å². The second kappa shape index (κ2) is 19.7. The lowest BCUT2D eigenvalue weighted by molar-refractivity contribution is -0.147. The minimum Gasteiger partial charge on any atom is -0.343 e. The maximum Gasteiger partial charge on any atom is 0.245 e. The van der Waals surface area contributed by atoms with Crippen molar-refractivity contribution in [2.45, 2.75) is 139 Å². The third-order valence-electron chi connectivity index (χ3n) is 11.8. The number of carbonyl (C=O) groups is 5. The van der Waals surface area contributed by atoms with Crippen molar-refractivity contribution >= 4 is 29.7 Å². The van der Waals surface area contributed by atoms with Crippen LogP contribution in [0.15, 0.2) is 30.3 Å². The normalized spacial score (nSPS) is 22.5. The highest BCUT2D eigenvalue weighted by Gasteiger charge is 2.54. The summed E-state index contributed by atoms with van der Waals surface area (Å²) in [5.41, 5.74) is 18.1. The average molecular weight is 709 g/mol. The molecular formula is C40H64N6O5. The number of likely N-dealkylation sites (N-methyl/N-ethyl adjacent to an activating group) is 1. The van der Waals surface area contributed by atoms with Crippen LogP contribution in [0, 0.1) is 17.8 Å². The predicted molar refractivity (Wildman–Crippen MR) is 199 cm³/mol. The highest BCUT2D eigenvalue weighted by molar-refractivity contribution is 6.11. The number of carbonyl (C=O) groups excluding carboxylic acids is 5. The van der Waals surface area contributed by atoms with E-state index in [-0.39, 0.29) is 23.5 Å². The third kappa shape index (κ3) is 10.6. The van der Waals surface area contributed by atoms with Crippen molar-refractivity contribution < 1.29 is 24.0 Å². The fourth-order valence-electron chi connectivity index (χ4n) is 8.92. The smallest absolute Gasteiger partial charge is 0.245 e. The van der Waals surface area contributed by atoms with Crippen molar-refractivity contribution in [2.24, 2.45) is 35.0 Å². The molecule has 6 atom stereocenters. The van der Waals surface area contributed by atoms with Gasteiger partial charge in [0.15, 0.2) is 11.6 Å². The Hall–Kier alpha value is -2.99. The van der Waals surface area contributed by atoms with E-state index in [9.17, 15) is 24.0 Å². The second-order valence-corrected chi connectivity index (χ2v) is 15.7. The predicted octanol–water partition coefficient (Wildman–Crippen LogP) is 3.29. The number of rotatable bonds is 19. The number of nitrogens with one attached hydrogen (secondary N) is 1. The number of hydrogen-bond acceptors (Lipinski definition) is 9. The molecule has 0 bridgehead atoms. The number of hydrogen-bond donors (Lipinski definition) is 4. The monoisotopic (exact) mass is 708 g/mol. The number of likely N-dealkylation sites (tertiary alicyclic amines) is 1. The van der Waals surface area contributed by atoms with Crippen LogP contribution in [-0.4, -0.2) is 96.4 Å². The summed E-state index contributed by atoms with van der Waals surface area (Å²) >= 11 is 0. The molecule has 51 heavy (non-hydrogen) atoms. The number of amides is 2. The number of nitrogens with zero attached hydrogens (tertiary/aromatic N) is 2. The van der Waals surface area contributed by atoms with Gasteiger partial charge in [-0.15, -0.1) is 0 Å². The molecule has 0 spiro atoms. The van der Waals surface area contributed by atoms with Crippen molar-refractivity contribution in [3.05, 3.63) is 35.9 Å². The Bertz CT molecular complexity index is 1300. The van der Waals surface area contributed by atoms with Gasteiger partial charge in [0.1, 0.15) is 17.9 Å². The first-order chi connectivity index (χ1) is 24.5. The van der Waals surface area contributed by atoms with E-state index < -0.39 is 41.4 Å². The second-order valence-electron chi connectivity index (χ2n) is 15.7. The fraction of sp³-hybridized carbons (Fsp3) is 0.725. The van der Waals surface area contributed by atoms with Crippen molar-refractivity contribution in [1.82, 2.24) is 15.1 Å². The number of unbranched alkanes of at least 4 members (excludes halogenated alkanes) is 1. The number of nitrogens with two attached hydrogens (primary N) is 3. The quantitative estimate of drug-likeness (QED) is 0.0953. The molecule has 2 aliphatic carbocycles. The first-order valence-corrected chi connectivity index (χ1v) is 19.6. The zero-order valence-corrected chi connectivity index (χ0v) is 31.1. The van der Waals surface area contributed by atoms with Gasteiger partial charge in [0.25, 0.3) is 0 Å². The van der Waals surface area contributed by atoms with E-state index in [2.05, 4.69) is 5.32 Å². The Kier molecular flexibility index (Phi) is 15.8. The van der Waals surface area contributed by atoms with Crippen LogP contribution in [0.2, 0.25) is 0 Å². The first kappa shape index (κ1) is 40.8. The van der Waals surface area contributed by atoms with Gasteiger partial charge in [-0.3, -0.25) is 24.1 Å². The molecule has 3 fully saturated rings. The zero-order chi connectivity index (χ0) is 37.0. The molecule has 11 nitrogen and oxygen atoms in total. The number of ketones is 2. The van der Waals surface area contributed by atoms with Crippen LogP contribution in [0.5, 0.6) is 0 Å². The van der Waals surface area contributed by atoms with Crippen LogP contribution in [0.4, 0.5) is 0 Å². The topological polar surface area (TPSA) is 182 Å². The van der Waals surface area contributed by atoms with Gasteiger partial charge in [-0.25, -0.2) is 0 Å². The van der Waals surface area contributed by atoms with E-state index in [1.807, 2.05) is 49.3 Å². The fourth-order valence-corrected chi connectivity index (χ4v) is 8.92. The Morgan fingerprint density at radius 1 is 0.941 bits per heavy atom. The van der Waals surface area contributed by atoms with Crippen molar-refractivity contribution in [1.29, 1.82) is 0 Å². The van der Waals surface area contributed by atoms with Crippen LogP contribution in [0.25, 0.3) is 0 Å². The summed E-state index contributed by atoms with van der Waals surface area (Å²) in [7, 11) is 3.68. The van der Waals surface area contributed by atoms with Gasteiger partial charge >= 0.3 is 0 Å². The van der Waals surface area contributed by atoms with Crippen LogP contribution < -0.4 is 22.5 Å². The Labute approximate surface area is 305 Å². The number of Topliss-reactive ketones (excluding diaryl/α,β-unsaturated/α-hetero) is 2. The molecule has 2 amide bonds. The van der Waals surface area contributed by atoms with Gasteiger partial charge in [0.05, 0.1) is 24.0 Å². The van der Waals surface area contributed by atoms with Crippen molar-refractivity contribution in [3.63, 3.8) is 0 Å². The van der Waals surface area contributed by atoms with Crippen LogP contribution in [0.1, 0.15) is 108 Å². The molecule has 1 heterocycles. The molecule has 2 saturated carbocycles. The van der Waals surface area contributed by atoms with Gasteiger partial charge in [0, 0.05) is 6.54 Å². The summed E-state index contributed by atoms with van der Waals surface area (Å²) in [6.07, 6.45) is 13.6. The molecule has 0 radical (unpaired) electrons. The average Bonchev–Trinajstić information content (AvgIpc) is 3.64. The lowest BCUT2D eigenvalue weighted by atomic mass is 9.65. The standard InChI is InChI=1S/C40H64N6O5/c1-45(2)34(26-29-17-8-4-9-18-29)38(50)44-32(21-12-13-23-41)39(51)46-24-14-22-33(46)36(48)35(30-19-10-5-11-20-30)40(43,27-47)37(49)31(42)25-28-15-6-3-7-16-28/h4,8-9,17-18,27-28,30-35H,3,5-7,10-16,19-26,41-43H2,1-2H3,(H,44,50)/t31-,32+,33+,34+,35?,40-/m1/s1. The molecule has 284 valence electrons. The molecule has 1 unspecified atom stereocenters. The zero-order valence-electron chi connectivity index (χ0n) is 31.1. The number of benzene rings is 1. The summed E-state index contributed by atoms with van der Waals surface area (Å²) in [5.74, 6) is -2.53. The summed E-state index contributed by atoms with van der Waals surface area (Å²) in [4.78, 5) is 73.7. The number of aldehydes is 1. The maximum absolute atomic E-state index is 14.9. The van der Waals surface area contributed by atoms with E-state index in [0.717, 1.165) is 50.5 Å². The van der Waals surface area contributed by atoms with E-state index >= 15 is 0 Å². The highest BCUT2D eigenvalue weighted by atomic mass is 16.2.